The molecule has 4 heteroatoms. The van der Waals surface area contributed by atoms with Gasteiger partial charge in [-0.2, -0.15) is 0 Å². The van der Waals surface area contributed by atoms with Crippen molar-refractivity contribution in [3.05, 3.63) is 23.8 Å². The summed E-state index contributed by atoms with van der Waals surface area (Å²) in [7, 11) is 0. The molecule has 0 unspecified atom stereocenters. The largest absolute Gasteiger partial charge is 0.508 e. The van der Waals surface area contributed by atoms with Crippen LogP contribution in [0.5, 0.6) is 5.75 Å². The van der Waals surface area contributed by atoms with Gasteiger partial charge in [-0.15, -0.1) is 0 Å². The maximum atomic E-state index is 11.9. The Morgan fingerprint density at radius 3 is 2.63 bits per heavy atom. The third-order valence-corrected chi connectivity index (χ3v) is 3.77. The molecule has 1 aliphatic rings. The van der Waals surface area contributed by atoms with Crippen molar-refractivity contribution in [1.82, 2.24) is 0 Å². The van der Waals surface area contributed by atoms with E-state index in [1.165, 1.54) is 6.07 Å². The number of carbonyl (C=O) groups is 1. The first-order chi connectivity index (χ1) is 8.98. The summed E-state index contributed by atoms with van der Waals surface area (Å²) in [4.78, 5) is 11.9. The number of phenolic OH excluding ortho intramolecular Hbond substituents is 1. The van der Waals surface area contributed by atoms with Crippen LogP contribution in [-0.2, 0) is 4.79 Å². The number of phenols is 1. The molecule has 0 saturated heterocycles. The zero-order chi connectivity index (χ0) is 13.9. The zero-order valence-electron chi connectivity index (χ0n) is 11.3. The Balaban J connectivity index is 1.95. The highest BCUT2D eigenvalue weighted by Gasteiger charge is 2.31. The van der Waals surface area contributed by atoms with Crippen molar-refractivity contribution in [1.29, 1.82) is 0 Å². The van der Waals surface area contributed by atoms with Gasteiger partial charge in [-0.25, -0.2) is 0 Å². The maximum absolute atomic E-state index is 11.9. The van der Waals surface area contributed by atoms with Gasteiger partial charge in [-0.3, -0.25) is 4.79 Å². The minimum absolute atomic E-state index is 0.127. The van der Waals surface area contributed by atoms with Crippen LogP contribution in [0.25, 0.3) is 0 Å². The average molecular weight is 263 g/mol. The number of rotatable bonds is 3. The Morgan fingerprint density at radius 1 is 1.32 bits per heavy atom. The number of hydrogen-bond donors (Lipinski definition) is 3. The second kappa shape index (κ2) is 5.61. The minimum Gasteiger partial charge on any atom is -0.508 e. The highest BCUT2D eigenvalue weighted by Crippen LogP contribution is 2.31. The third-order valence-electron chi connectivity index (χ3n) is 3.77. The van der Waals surface area contributed by atoms with Gasteiger partial charge in [0.15, 0.2) is 0 Å². The van der Waals surface area contributed by atoms with Gasteiger partial charge < -0.3 is 15.5 Å². The van der Waals surface area contributed by atoms with E-state index in [1.807, 2.05) is 0 Å². The van der Waals surface area contributed by atoms with Gasteiger partial charge in [-0.1, -0.05) is 25.3 Å². The summed E-state index contributed by atoms with van der Waals surface area (Å²) in [6.07, 6.45) is 4.61. The zero-order valence-corrected chi connectivity index (χ0v) is 11.3. The number of aromatic hydroxyl groups is 1. The number of benzene rings is 1. The molecule has 0 spiro atoms. The summed E-state index contributed by atoms with van der Waals surface area (Å²) in [6.45, 7) is 1.80. The first-order valence-electron chi connectivity index (χ1n) is 6.80. The predicted molar refractivity (Wildman–Crippen MR) is 74.1 cm³/mol. The number of amides is 1. The van der Waals surface area contributed by atoms with Gasteiger partial charge in [-0.05, 0) is 31.4 Å². The Morgan fingerprint density at radius 2 is 2.00 bits per heavy atom. The summed E-state index contributed by atoms with van der Waals surface area (Å²) in [6, 6.07) is 5.02. The molecule has 2 rings (SSSR count). The van der Waals surface area contributed by atoms with E-state index in [4.69, 9.17) is 0 Å². The Labute approximate surface area is 113 Å². The molecule has 0 atom stereocenters. The van der Waals surface area contributed by atoms with E-state index in [9.17, 15) is 15.0 Å². The van der Waals surface area contributed by atoms with Crippen LogP contribution in [0.2, 0.25) is 0 Å². The highest BCUT2D eigenvalue weighted by atomic mass is 16.3. The highest BCUT2D eigenvalue weighted by molar-refractivity contribution is 5.91. The number of aliphatic hydroxyl groups is 1. The lowest BCUT2D eigenvalue weighted by molar-refractivity contribution is -0.122. The quantitative estimate of drug-likeness (QED) is 0.785. The lowest BCUT2D eigenvalue weighted by Gasteiger charge is -2.31. The minimum atomic E-state index is -0.852. The fraction of sp³-hybridized carbons (Fsp3) is 0.533. The van der Waals surface area contributed by atoms with Crippen molar-refractivity contribution in [3.63, 3.8) is 0 Å². The molecule has 19 heavy (non-hydrogen) atoms. The number of hydrogen-bond acceptors (Lipinski definition) is 3. The topological polar surface area (TPSA) is 69.6 Å². The number of carbonyl (C=O) groups excluding carboxylic acids is 1. The standard InChI is InChI=1S/C15H21NO3/c1-11-5-6-12(9-13(11)17)16-14(18)10-15(19)7-3-2-4-8-15/h5-6,9,17,19H,2-4,7-8,10H2,1H3,(H,16,18). The number of nitrogens with one attached hydrogen (secondary N) is 1. The Bertz CT molecular complexity index is 464. The van der Waals surface area contributed by atoms with Gasteiger partial charge in [0.2, 0.25) is 5.91 Å². The SMILES string of the molecule is Cc1ccc(NC(=O)CC2(O)CCCCC2)cc1O. The van der Waals surface area contributed by atoms with E-state index in [1.54, 1.807) is 19.1 Å². The van der Waals surface area contributed by atoms with Crippen LogP contribution in [0, 0.1) is 6.92 Å². The van der Waals surface area contributed by atoms with Crippen molar-refractivity contribution in [2.45, 2.75) is 51.0 Å². The molecule has 1 aliphatic carbocycles. The predicted octanol–water partition coefficient (Wildman–Crippen LogP) is 2.72. The molecule has 0 radical (unpaired) electrons. The molecule has 1 amide bonds. The molecule has 0 heterocycles. The molecule has 0 aliphatic heterocycles. The van der Waals surface area contributed by atoms with Gasteiger partial charge >= 0.3 is 0 Å². The second-order valence-electron chi connectivity index (χ2n) is 5.51. The first kappa shape index (κ1) is 13.9. The van der Waals surface area contributed by atoms with Crippen molar-refractivity contribution in [2.75, 3.05) is 5.32 Å². The summed E-state index contributed by atoms with van der Waals surface area (Å²) < 4.78 is 0. The molecule has 0 aromatic heterocycles. The monoisotopic (exact) mass is 263 g/mol. The van der Waals surface area contributed by atoms with Crippen LogP contribution in [-0.4, -0.2) is 21.7 Å². The lowest BCUT2D eigenvalue weighted by Crippen LogP contribution is -2.35. The van der Waals surface area contributed by atoms with E-state index >= 15 is 0 Å². The van der Waals surface area contributed by atoms with Crippen LogP contribution < -0.4 is 5.32 Å². The molecular formula is C15H21NO3. The summed E-state index contributed by atoms with van der Waals surface area (Å²) in [5.74, 6) is -0.0400. The van der Waals surface area contributed by atoms with Crippen molar-refractivity contribution in [3.8, 4) is 5.75 Å². The van der Waals surface area contributed by atoms with Crippen LogP contribution >= 0.6 is 0 Å². The fourth-order valence-electron chi connectivity index (χ4n) is 2.58. The molecule has 1 aromatic carbocycles. The van der Waals surface area contributed by atoms with E-state index in [-0.39, 0.29) is 18.1 Å². The van der Waals surface area contributed by atoms with Crippen LogP contribution in [0.4, 0.5) is 5.69 Å². The summed E-state index contributed by atoms with van der Waals surface area (Å²) in [5.41, 5.74) is 0.478. The van der Waals surface area contributed by atoms with Crippen LogP contribution in [0.3, 0.4) is 0 Å². The van der Waals surface area contributed by atoms with Gasteiger partial charge in [0.1, 0.15) is 5.75 Å². The van der Waals surface area contributed by atoms with E-state index < -0.39 is 5.60 Å². The maximum Gasteiger partial charge on any atom is 0.227 e. The third kappa shape index (κ3) is 3.70. The first-order valence-corrected chi connectivity index (χ1v) is 6.80. The van der Waals surface area contributed by atoms with Gasteiger partial charge in [0, 0.05) is 11.8 Å². The fourth-order valence-corrected chi connectivity index (χ4v) is 2.58. The van der Waals surface area contributed by atoms with Crippen LogP contribution in [0.15, 0.2) is 18.2 Å². The van der Waals surface area contributed by atoms with Crippen LogP contribution in [0.1, 0.15) is 44.1 Å². The average Bonchev–Trinajstić information content (AvgIpc) is 2.34. The normalized spacial score (nSPS) is 18.0. The van der Waals surface area contributed by atoms with Crippen molar-refractivity contribution in [2.24, 2.45) is 0 Å². The molecular weight excluding hydrogens is 242 g/mol. The molecule has 0 bridgehead atoms. The summed E-state index contributed by atoms with van der Waals surface area (Å²) in [5, 5.41) is 22.6. The molecule has 3 N–H and O–H groups in total. The summed E-state index contributed by atoms with van der Waals surface area (Å²) >= 11 is 0. The molecule has 4 nitrogen and oxygen atoms in total. The molecule has 1 fully saturated rings. The van der Waals surface area contributed by atoms with E-state index in [0.29, 0.717) is 18.5 Å². The van der Waals surface area contributed by atoms with E-state index in [2.05, 4.69) is 5.32 Å². The van der Waals surface area contributed by atoms with Crippen molar-refractivity contribution < 1.29 is 15.0 Å². The van der Waals surface area contributed by atoms with Gasteiger partial charge in [0.05, 0.1) is 12.0 Å². The Hall–Kier alpha value is -1.55. The second-order valence-corrected chi connectivity index (χ2v) is 5.51. The number of anilines is 1. The van der Waals surface area contributed by atoms with Gasteiger partial charge in [0.25, 0.3) is 0 Å². The van der Waals surface area contributed by atoms with E-state index in [0.717, 1.165) is 24.8 Å². The number of aryl methyl sites for hydroxylation is 1. The van der Waals surface area contributed by atoms with Crippen molar-refractivity contribution >= 4 is 11.6 Å². The Kier molecular flexibility index (Phi) is 4.10. The lowest BCUT2D eigenvalue weighted by atomic mass is 9.82. The smallest absolute Gasteiger partial charge is 0.227 e. The molecule has 104 valence electrons. The molecule has 1 saturated carbocycles. The molecule has 1 aromatic rings.